The van der Waals surface area contributed by atoms with Gasteiger partial charge in [0, 0.05) is 37.6 Å². The summed E-state index contributed by atoms with van der Waals surface area (Å²) in [4.78, 5) is 9.58. The highest BCUT2D eigenvalue weighted by Crippen LogP contribution is 2.27. The fourth-order valence-corrected chi connectivity index (χ4v) is 3.76. The average molecular weight is 318 g/mol. The van der Waals surface area contributed by atoms with Gasteiger partial charge in [0.1, 0.15) is 11.9 Å². The molecule has 4 nitrogen and oxygen atoms in total. The van der Waals surface area contributed by atoms with E-state index in [9.17, 15) is 5.26 Å². The lowest BCUT2D eigenvalue weighted by molar-refractivity contribution is 0.634. The molecule has 0 bridgehead atoms. The molecule has 2 aliphatic rings. The number of piperazine rings is 1. The van der Waals surface area contributed by atoms with Gasteiger partial charge >= 0.3 is 0 Å². The Hall–Kier alpha value is -2.54. The molecule has 0 saturated carbocycles. The summed E-state index contributed by atoms with van der Waals surface area (Å²) < 4.78 is 0. The second-order valence-electron chi connectivity index (χ2n) is 6.59. The van der Waals surface area contributed by atoms with Crippen molar-refractivity contribution in [3.63, 3.8) is 0 Å². The van der Waals surface area contributed by atoms with Crippen LogP contribution in [0, 0.1) is 11.3 Å². The lowest BCUT2D eigenvalue weighted by Crippen LogP contribution is -2.47. The van der Waals surface area contributed by atoms with Crippen molar-refractivity contribution in [1.82, 2.24) is 4.98 Å². The number of para-hydroxylation sites is 1. The molecule has 1 saturated heterocycles. The third kappa shape index (κ3) is 2.82. The third-order valence-electron chi connectivity index (χ3n) is 5.10. The summed E-state index contributed by atoms with van der Waals surface area (Å²) in [6, 6.07) is 15.0. The van der Waals surface area contributed by atoms with E-state index in [1.807, 2.05) is 0 Å². The summed E-state index contributed by atoms with van der Waals surface area (Å²) >= 11 is 0. The lowest BCUT2D eigenvalue weighted by atomic mass is 9.95. The first-order valence-electron chi connectivity index (χ1n) is 8.83. The number of rotatable bonds is 2. The maximum absolute atomic E-state index is 9.55. The van der Waals surface area contributed by atoms with Crippen molar-refractivity contribution in [2.75, 3.05) is 36.0 Å². The predicted octanol–water partition coefficient (Wildman–Crippen LogP) is 3.16. The van der Waals surface area contributed by atoms with Gasteiger partial charge in [0.2, 0.25) is 0 Å². The summed E-state index contributed by atoms with van der Waals surface area (Å²) in [5.41, 5.74) is 4.50. The first kappa shape index (κ1) is 15.0. The zero-order chi connectivity index (χ0) is 16.4. The number of fused-ring (bicyclic) bond motifs is 1. The highest BCUT2D eigenvalue weighted by molar-refractivity contribution is 5.58. The number of hydrogen-bond donors (Lipinski definition) is 0. The molecule has 2 aromatic rings. The second kappa shape index (κ2) is 6.52. The van der Waals surface area contributed by atoms with Crippen LogP contribution in [0.1, 0.15) is 29.7 Å². The Kier molecular flexibility index (Phi) is 4.08. The van der Waals surface area contributed by atoms with Gasteiger partial charge in [0.15, 0.2) is 0 Å². The van der Waals surface area contributed by atoms with Gasteiger partial charge in [-0.3, -0.25) is 0 Å². The Labute approximate surface area is 143 Å². The maximum Gasteiger partial charge on any atom is 0.146 e. The highest BCUT2D eigenvalue weighted by Gasteiger charge is 2.23. The van der Waals surface area contributed by atoms with E-state index in [1.54, 1.807) is 0 Å². The quantitative estimate of drug-likeness (QED) is 0.853. The minimum absolute atomic E-state index is 0.740. The van der Waals surface area contributed by atoms with Crippen LogP contribution >= 0.6 is 0 Å². The van der Waals surface area contributed by atoms with Gasteiger partial charge < -0.3 is 9.80 Å². The van der Waals surface area contributed by atoms with Crippen LogP contribution in [0.15, 0.2) is 36.4 Å². The van der Waals surface area contributed by atoms with Crippen LogP contribution in [0.2, 0.25) is 0 Å². The standard InChI is InChI=1S/C20H22N4/c21-15-17-14-16-6-4-5-9-19(16)22-20(17)24-12-10-23(11-13-24)18-7-2-1-3-8-18/h1-3,7-8,14H,4-6,9-13H2. The van der Waals surface area contributed by atoms with Crippen molar-refractivity contribution >= 4 is 11.5 Å². The summed E-state index contributed by atoms with van der Waals surface area (Å²) in [6.07, 6.45) is 4.55. The van der Waals surface area contributed by atoms with E-state index >= 15 is 0 Å². The third-order valence-corrected chi connectivity index (χ3v) is 5.10. The normalized spacial score (nSPS) is 17.3. The molecular formula is C20H22N4. The smallest absolute Gasteiger partial charge is 0.146 e. The van der Waals surface area contributed by atoms with Crippen LogP contribution in [0.5, 0.6) is 0 Å². The van der Waals surface area contributed by atoms with E-state index in [4.69, 9.17) is 4.98 Å². The van der Waals surface area contributed by atoms with Gasteiger partial charge in [0.05, 0.1) is 5.56 Å². The number of aromatic nitrogens is 1. The number of pyridine rings is 1. The molecule has 0 atom stereocenters. The number of anilines is 2. The van der Waals surface area contributed by atoms with Crippen molar-refractivity contribution in [3.05, 3.63) is 53.2 Å². The molecule has 1 aliphatic carbocycles. The lowest BCUT2D eigenvalue weighted by Gasteiger charge is -2.37. The summed E-state index contributed by atoms with van der Waals surface area (Å²) in [6.45, 7) is 3.76. The number of benzene rings is 1. The molecule has 0 unspecified atom stereocenters. The molecule has 2 heterocycles. The van der Waals surface area contributed by atoms with Gasteiger partial charge in [-0.2, -0.15) is 5.26 Å². The monoisotopic (exact) mass is 318 g/mol. The minimum atomic E-state index is 0.740. The average Bonchev–Trinajstić information content (AvgIpc) is 2.68. The van der Waals surface area contributed by atoms with Crippen molar-refractivity contribution in [3.8, 4) is 6.07 Å². The van der Waals surface area contributed by atoms with Crippen LogP contribution in [-0.2, 0) is 12.8 Å². The van der Waals surface area contributed by atoms with E-state index in [0.29, 0.717) is 0 Å². The van der Waals surface area contributed by atoms with E-state index in [2.05, 4.69) is 52.3 Å². The Morgan fingerprint density at radius 1 is 0.917 bits per heavy atom. The van der Waals surface area contributed by atoms with Crippen LogP contribution in [0.3, 0.4) is 0 Å². The summed E-state index contributed by atoms with van der Waals surface area (Å²) in [7, 11) is 0. The van der Waals surface area contributed by atoms with E-state index in [0.717, 1.165) is 50.4 Å². The Morgan fingerprint density at radius 2 is 1.62 bits per heavy atom. The summed E-state index contributed by atoms with van der Waals surface area (Å²) in [5.74, 6) is 0.894. The molecule has 122 valence electrons. The topological polar surface area (TPSA) is 43.2 Å². The molecule has 0 radical (unpaired) electrons. The molecule has 0 N–H and O–H groups in total. The van der Waals surface area contributed by atoms with Crippen molar-refractivity contribution < 1.29 is 0 Å². The molecule has 0 amide bonds. The van der Waals surface area contributed by atoms with Crippen LogP contribution < -0.4 is 9.80 Å². The number of hydrogen-bond acceptors (Lipinski definition) is 4. The molecule has 0 spiro atoms. The van der Waals surface area contributed by atoms with Gasteiger partial charge in [0.25, 0.3) is 0 Å². The number of aryl methyl sites for hydroxylation is 2. The molecule has 1 fully saturated rings. The molecule has 1 aromatic heterocycles. The zero-order valence-corrected chi connectivity index (χ0v) is 13.9. The van der Waals surface area contributed by atoms with Crippen molar-refractivity contribution in [2.24, 2.45) is 0 Å². The fourth-order valence-electron chi connectivity index (χ4n) is 3.76. The SMILES string of the molecule is N#Cc1cc2c(nc1N1CCN(c3ccccc3)CC1)CCCC2. The largest absolute Gasteiger partial charge is 0.368 e. The van der Waals surface area contributed by atoms with Crippen LogP contribution in [0.4, 0.5) is 11.5 Å². The number of nitrogens with zero attached hydrogens (tertiary/aromatic N) is 4. The van der Waals surface area contributed by atoms with E-state index in [1.165, 1.54) is 29.8 Å². The fraction of sp³-hybridized carbons (Fsp3) is 0.400. The molecule has 4 heteroatoms. The van der Waals surface area contributed by atoms with Gasteiger partial charge in [-0.25, -0.2) is 4.98 Å². The summed E-state index contributed by atoms with van der Waals surface area (Å²) in [5, 5.41) is 9.55. The highest BCUT2D eigenvalue weighted by atomic mass is 15.3. The van der Waals surface area contributed by atoms with Gasteiger partial charge in [-0.05, 0) is 49.4 Å². The first-order chi connectivity index (χ1) is 11.8. The minimum Gasteiger partial charge on any atom is -0.368 e. The van der Waals surface area contributed by atoms with Crippen LogP contribution in [-0.4, -0.2) is 31.2 Å². The van der Waals surface area contributed by atoms with E-state index < -0.39 is 0 Å². The first-order valence-corrected chi connectivity index (χ1v) is 8.83. The molecule has 1 aromatic carbocycles. The van der Waals surface area contributed by atoms with Crippen molar-refractivity contribution in [1.29, 1.82) is 5.26 Å². The van der Waals surface area contributed by atoms with Gasteiger partial charge in [-0.1, -0.05) is 18.2 Å². The molecule has 4 rings (SSSR count). The number of nitriles is 1. The molecular weight excluding hydrogens is 296 g/mol. The van der Waals surface area contributed by atoms with Crippen LogP contribution in [0.25, 0.3) is 0 Å². The van der Waals surface area contributed by atoms with Crippen molar-refractivity contribution in [2.45, 2.75) is 25.7 Å². The predicted molar refractivity (Wildman–Crippen MR) is 96.5 cm³/mol. The maximum atomic E-state index is 9.55. The van der Waals surface area contributed by atoms with Gasteiger partial charge in [-0.15, -0.1) is 0 Å². The molecule has 24 heavy (non-hydrogen) atoms. The molecule has 1 aliphatic heterocycles. The Morgan fingerprint density at radius 3 is 2.38 bits per heavy atom. The van der Waals surface area contributed by atoms with E-state index in [-0.39, 0.29) is 0 Å². The Balaban J connectivity index is 1.54. The zero-order valence-electron chi connectivity index (χ0n) is 13.9. The second-order valence-corrected chi connectivity index (χ2v) is 6.59. The Bertz CT molecular complexity index is 755.